The number of nitrogens with zero attached hydrogens (tertiary/aromatic N) is 3. The van der Waals surface area contributed by atoms with Crippen molar-refractivity contribution in [1.29, 1.82) is 0 Å². The molecule has 0 unspecified atom stereocenters. The van der Waals surface area contributed by atoms with Crippen LogP contribution in [0.5, 0.6) is 0 Å². The van der Waals surface area contributed by atoms with Crippen LogP contribution < -0.4 is 10.9 Å². The number of nitrogens with one attached hydrogen (secondary N) is 1. The number of rotatable bonds is 5. The van der Waals surface area contributed by atoms with E-state index < -0.39 is 0 Å². The van der Waals surface area contributed by atoms with Gasteiger partial charge in [-0.3, -0.25) is 14.2 Å². The van der Waals surface area contributed by atoms with Crippen molar-refractivity contribution < 1.29 is 4.79 Å². The maximum Gasteiger partial charge on any atom is 0.278 e. The van der Waals surface area contributed by atoms with Gasteiger partial charge in [-0.15, -0.1) is 0 Å². The number of anilines is 1. The minimum absolute atomic E-state index is 0.00895. The van der Waals surface area contributed by atoms with Crippen molar-refractivity contribution in [3.63, 3.8) is 0 Å². The number of fused-ring (bicyclic) bond motifs is 3. The Morgan fingerprint density at radius 2 is 1.82 bits per heavy atom. The van der Waals surface area contributed by atoms with Gasteiger partial charge in [-0.1, -0.05) is 60.1 Å². The highest BCUT2D eigenvalue weighted by Gasteiger charge is 2.18. The second kappa shape index (κ2) is 8.56. The summed E-state index contributed by atoms with van der Waals surface area (Å²) < 4.78 is 3.27. The van der Waals surface area contributed by atoms with Crippen LogP contribution in [0.3, 0.4) is 0 Å². The molecule has 164 valence electrons. The van der Waals surface area contributed by atoms with Crippen LogP contribution >= 0.6 is 11.6 Å². The Kier molecular flexibility index (Phi) is 5.44. The van der Waals surface area contributed by atoms with Crippen molar-refractivity contribution in [2.24, 2.45) is 0 Å². The largest absolute Gasteiger partial charge is 0.325 e. The maximum absolute atomic E-state index is 13.5. The summed E-state index contributed by atoms with van der Waals surface area (Å²) in [6.45, 7) is 2.25. The normalized spacial score (nSPS) is 11.2. The first-order valence-corrected chi connectivity index (χ1v) is 11.0. The van der Waals surface area contributed by atoms with Gasteiger partial charge in [0, 0.05) is 16.1 Å². The molecule has 6 nitrogen and oxygen atoms in total. The molecule has 0 atom stereocenters. The molecule has 0 saturated heterocycles. The highest BCUT2D eigenvalue weighted by Crippen LogP contribution is 2.25. The smallest absolute Gasteiger partial charge is 0.278 e. The number of carbonyl (C=O) groups excluding carboxylic acids is 1. The van der Waals surface area contributed by atoms with E-state index in [0.717, 1.165) is 27.7 Å². The second-order valence-corrected chi connectivity index (χ2v) is 8.39. The fourth-order valence-corrected chi connectivity index (χ4v) is 4.30. The van der Waals surface area contributed by atoms with Crippen molar-refractivity contribution in [2.75, 3.05) is 5.32 Å². The number of para-hydroxylation sites is 1. The van der Waals surface area contributed by atoms with E-state index in [-0.39, 0.29) is 18.0 Å². The highest BCUT2D eigenvalue weighted by molar-refractivity contribution is 6.31. The number of aryl methyl sites for hydroxylation is 1. The molecule has 0 aliphatic heterocycles. The van der Waals surface area contributed by atoms with Crippen LogP contribution in [0.4, 0.5) is 5.69 Å². The van der Waals surface area contributed by atoms with E-state index in [0.29, 0.717) is 22.6 Å². The third-order valence-electron chi connectivity index (χ3n) is 5.64. The molecule has 0 aliphatic rings. The Labute approximate surface area is 195 Å². The minimum atomic E-state index is -0.223. The standard InChI is InChI=1S/C26H21ClN4O2/c1-17-7-6-9-19(13-17)29-23(32)15-31-22-12-5-3-10-20(22)24-25(31)26(33)30(16-28-24)14-18-8-2-4-11-21(18)27/h2-13,16H,14-15H2,1H3,(H,29,32). The highest BCUT2D eigenvalue weighted by atomic mass is 35.5. The van der Waals surface area contributed by atoms with E-state index in [1.807, 2.05) is 73.7 Å². The number of amides is 1. The van der Waals surface area contributed by atoms with Crippen molar-refractivity contribution in [2.45, 2.75) is 20.0 Å². The summed E-state index contributed by atoms with van der Waals surface area (Å²) >= 11 is 6.30. The number of carbonyl (C=O) groups is 1. The zero-order valence-electron chi connectivity index (χ0n) is 18.0. The lowest BCUT2D eigenvalue weighted by atomic mass is 10.2. The first-order valence-electron chi connectivity index (χ1n) is 10.6. The summed E-state index contributed by atoms with van der Waals surface area (Å²) in [7, 11) is 0. The molecule has 5 aromatic rings. The average Bonchev–Trinajstić information content (AvgIpc) is 3.11. The summed E-state index contributed by atoms with van der Waals surface area (Å²) in [6, 6.07) is 22.6. The number of benzene rings is 3. The first kappa shape index (κ1) is 21.0. The molecule has 0 saturated carbocycles. The predicted octanol–water partition coefficient (Wildman–Crippen LogP) is 5.00. The summed E-state index contributed by atoms with van der Waals surface area (Å²) in [5, 5.41) is 4.34. The Morgan fingerprint density at radius 3 is 2.64 bits per heavy atom. The number of aromatic nitrogens is 3. The van der Waals surface area contributed by atoms with Crippen LogP contribution in [0.15, 0.2) is 83.9 Å². The molecule has 0 aliphatic carbocycles. The molecule has 0 spiro atoms. The van der Waals surface area contributed by atoms with E-state index in [9.17, 15) is 9.59 Å². The summed E-state index contributed by atoms with van der Waals surface area (Å²) in [5.74, 6) is -0.218. The van der Waals surface area contributed by atoms with Gasteiger partial charge in [0.2, 0.25) is 5.91 Å². The summed E-state index contributed by atoms with van der Waals surface area (Å²) in [4.78, 5) is 31.1. The molecule has 2 aromatic heterocycles. The SMILES string of the molecule is Cc1cccc(NC(=O)Cn2c3ccccc3c3ncn(Cc4ccccc4Cl)c(=O)c32)c1. The molecule has 7 heteroatoms. The van der Waals surface area contributed by atoms with Crippen molar-refractivity contribution in [1.82, 2.24) is 14.1 Å². The van der Waals surface area contributed by atoms with Crippen molar-refractivity contribution >= 4 is 45.1 Å². The topological polar surface area (TPSA) is 68.9 Å². The first-order chi connectivity index (χ1) is 16.0. The Morgan fingerprint density at radius 1 is 1.03 bits per heavy atom. The lowest BCUT2D eigenvalue weighted by molar-refractivity contribution is -0.116. The monoisotopic (exact) mass is 456 g/mol. The molecule has 1 N–H and O–H groups in total. The molecule has 5 rings (SSSR count). The van der Waals surface area contributed by atoms with E-state index in [4.69, 9.17) is 11.6 Å². The molecular weight excluding hydrogens is 436 g/mol. The fraction of sp³-hybridized carbons (Fsp3) is 0.115. The number of hydrogen-bond acceptors (Lipinski definition) is 3. The Hall–Kier alpha value is -3.90. The van der Waals surface area contributed by atoms with Gasteiger partial charge in [0.15, 0.2) is 0 Å². The van der Waals surface area contributed by atoms with E-state index in [1.165, 1.54) is 10.9 Å². The molecule has 1 amide bonds. The van der Waals surface area contributed by atoms with Crippen LogP contribution in [0, 0.1) is 6.92 Å². The van der Waals surface area contributed by atoms with Gasteiger partial charge >= 0.3 is 0 Å². The van der Waals surface area contributed by atoms with Crippen LogP contribution in [-0.2, 0) is 17.9 Å². The third kappa shape index (κ3) is 4.01. The molecule has 33 heavy (non-hydrogen) atoms. The lowest BCUT2D eigenvalue weighted by Crippen LogP contribution is -2.25. The van der Waals surface area contributed by atoms with E-state index in [1.54, 1.807) is 10.6 Å². The molecule has 2 heterocycles. The van der Waals surface area contributed by atoms with Crippen molar-refractivity contribution in [3.05, 3.63) is 106 Å². The zero-order valence-corrected chi connectivity index (χ0v) is 18.7. The van der Waals surface area contributed by atoms with Gasteiger partial charge in [-0.2, -0.15) is 0 Å². The molecule has 0 bridgehead atoms. The quantitative estimate of drug-likeness (QED) is 0.404. The van der Waals surface area contributed by atoms with Gasteiger partial charge in [-0.05, 0) is 42.3 Å². The number of halogens is 1. The summed E-state index contributed by atoms with van der Waals surface area (Å²) in [5.41, 5.74) is 4.12. The maximum atomic E-state index is 13.5. The van der Waals surface area contributed by atoms with E-state index >= 15 is 0 Å². The van der Waals surface area contributed by atoms with E-state index in [2.05, 4.69) is 10.3 Å². The van der Waals surface area contributed by atoms with Crippen LogP contribution in [-0.4, -0.2) is 20.0 Å². The Bertz CT molecular complexity index is 1570. The minimum Gasteiger partial charge on any atom is -0.325 e. The van der Waals surface area contributed by atoms with Gasteiger partial charge in [0.05, 0.1) is 18.4 Å². The Balaban J connectivity index is 1.59. The van der Waals surface area contributed by atoms with Gasteiger partial charge < -0.3 is 9.88 Å². The van der Waals surface area contributed by atoms with Crippen LogP contribution in [0.2, 0.25) is 5.02 Å². The molecule has 0 fully saturated rings. The van der Waals surface area contributed by atoms with Gasteiger partial charge in [-0.25, -0.2) is 4.98 Å². The fourth-order valence-electron chi connectivity index (χ4n) is 4.10. The van der Waals surface area contributed by atoms with Gasteiger partial charge in [0.1, 0.15) is 17.6 Å². The molecule has 3 aromatic carbocycles. The van der Waals surface area contributed by atoms with Crippen molar-refractivity contribution in [3.8, 4) is 0 Å². The predicted molar refractivity (Wildman–Crippen MR) is 132 cm³/mol. The second-order valence-electron chi connectivity index (χ2n) is 7.99. The average molecular weight is 457 g/mol. The van der Waals surface area contributed by atoms with Gasteiger partial charge in [0.25, 0.3) is 5.56 Å². The molecular formula is C26H21ClN4O2. The third-order valence-corrected chi connectivity index (χ3v) is 6.00. The number of hydrogen-bond donors (Lipinski definition) is 1. The summed E-state index contributed by atoms with van der Waals surface area (Å²) in [6.07, 6.45) is 1.54. The van der Waals surface area contributed by atoms with Crippen LogP contribution in [0.25, 0.3) is 21.9 Å². The zero-order chi connectivity index (χ0) is 22.9. The lowest BCUT2D eigenvalue weighted by Gasteiger charge is -2.11. The molecule has 0 radical (unpaired) electrons. The van der Waals surface area contributed by atoms with Crippen LogP contribution in [0.1, 0.15) is 11.1 Å².